The molecule has 3 unspecified atom stereocenters. The summed E-state index contributed by atoms with van der Waals surface area (Å²) in [6.45, 7) is 6.75. The van der Waals surface area contributed by atoms with Crippen molar-refractivity contribution < 1.29 is 34.2 Å². The fourth-order valence-electron chi connectivity index (χ4n) is 5.54. The van der Waals surface area contributed by atoms with E-state index in [1.54, 1.807) is 0 Å². The number of unbranched alkanes of at least 4 members (excludes halogenated alkanes) is 16. The highest BCUT2D eigenvalue weighted by atomic mass is 16.4. The Morgan fingerprint density at radius 2 is 0.816 bits per heavy atom. The largest absolute Gasteiger partial charge is 0.477 e. The summed E-state index contributed by atoms with van der Waals surface area (Å²) in [4.78, 5) is 35.4. The molecule has 7 heteroatoms. The lowest BCUT2D eigenvalue weighted by Gasteiger charge is -2.47. The van der Waals surface area contributed by atoms with E-state index in [1.165, 1.54) is 111 Å². The molecule has 38 heavy (non-hydrogen) atoms. The molecule has 3 N–H and O–H groups in total. The zero-order valence-electron chi connectivity index (χ0n) is 24.8. The maximum absolute atomic E-state index is 11.8. The van der Waals surface area contributed by atoms with Crippen LogP contribution in [0.25, 0.3) is 0 Å². The summed E-state index contributed by atoms with van der Waals surface area (Å²) in [6.07, 6.45) is 26.3. The summed E-state index contributed by atoms with van der Waals surface area (Å²) in [5, 5.41) is 28.9. The number of rotatable bonds is 26. The fraction of sp³-hybridized carbons (Fsp3) is 0.839. The minimum atomic E-state index is -1.17. The van der Waals surface area contributed by atoms with E-state index in [0.29, 0.717) is 6.42 Å². The quantitative estimate of drug-likeness (QED) is 0.0586. The summed E-state index contributed by atoms with van der Waals surface area (Å²) in [5.41, 5.74) is 0. The van der Waals surface area contributed by atoms with Gasteiger partial charge in [-0.2, -0.15) is 0 Å². The van der Waals surface area contributed by atoms with E-state index in [2.05, 4.69) is 19.1 Å². The Morgan fingerprint density at radius 3 is 1.13 bits per heavy atom. The predicted octanol–water partition coefficient (Wildman–Crippen LogP) is 7.82. The van der Waals surface area contributed by atoms with Gasteiger partial charge in [-0.05, 0) is 59.3 Å². The van der Waals surface area contributed by atoms with Crippen LogP contribution < -0.4 is 0 Å². The highest BCUT2D eigenvalue weighted by molar-refractivity contribution is 5.77. The SMILES string of the molecule is CCCCCCCC/C=C/CCCCCCCCCCCC[N+](C(C)C(=O)O)(C(C)C(=O)O)C(C)C(=O)O. The Labute approximate surface area is 232 Å². The molecule has 0 bridgehead atoms. The zero-order valence-corrected chi connectivity index (χ0v) is 24.8. The van der Waals surface area contributed by atoms with Crippen LogP contribution in [-0.4, -0.2) is 62.4 Å². The monoisotopic (exact) mass is 540 g/mol. The first-order chi connectivity index (χ1) is 18.1. The first kappa shape index (κ1) is 36.1. The number of aliphatic carboxylic acids is 3. The standard InChI is InChI=1S/C31H57NO6/c1-5-6-7-8-9-10-11-12-13-14-15-16-17-18-19-20-21-22-23-24-25-32(26(2)29(33)34,27(3)30(35)36)28(4)31(37)38/h12-13,26-28H,5-11,14-25H2,1-4H3,(H2-,33,34,35,36,37,38)/p+1/b13-12+. The van der Waals surface area contributed by atoms with Crippen LogP contribution in [0, 0.1) is 0 Å². The molecular weight excluding hydrogens is 482 g/mol. The van der Waals surface area contributed by atoms with Crippen LogP contribution in [0.5, 0.6) is 0 Å². The molecule has 0 spiro atoms. The summed E-state index contributed by atoms with van der Waals surface area (Å²) in [7, 11) is 0. The van der Waals surface area contributed by atoms with E-state index < -0.39 is 40.5 Å². The smallest absolute Gasteiger partial charge is 0.362 e. The van der Waals surface area contributed by atoms with Gasteiger partial charge in [0.2, 0.25) is 0 Å². The number of quaternary nitrogens is 1. The number of hydrogen-bond donors (Lipinski definition) is 3. The number of hydrogen-bond acceptors (Lipinski definition) is 3. The number of carbonyl (C=O) groups is 3. The Balaban J connectivity index is 4.10. The lowest BCUT2D eigenvalue weighted by molar-refractivity contribution is -0.968. The molecule has 0 aliphatic heterocycles. The third-order valence-electron chi connectivity index (χ3n) is 8.29. The minimum Gasteiger partial charge on any atom is -0.477 e. The average Bonchev–Trinajstić information content (AvgIpc) is 2.88. The summed E-state index contributed by atoms with van der Waals surface area (Å²) in [6, 6.07) is -3.37. The normalized spacial score (nSPS) is 15.7. The van der Waals surface area contributed by atoms with Gasteiger partial charge in [-0.1, -0.05) is 96.1 Å². The van der Waals surface area contributed by atoms with E-state index >= 15 is 0 Å². The van der Waals surface area contributed by atoms with Gasteiger partial charge in [-0.15, -0.1) is 0 Å². The third-order valence-corrected chi connectivity index (χ3v) is 8.29. The molecule has 0 rings (SSSR count). The van der Waals surface area contributed by atoms with Crippen LogP contribution >= 0.6 is 0 Å². The summed E-state index contributed by atoms with van der Waals surface area (Å²) >= 11 is 0. The second-order valence-corrected chi connectivity index (χ2v) is 11.1. The average molecular weight is 541 g/mol. The van der Waals surface area contributed by atoms with E-state index in [-0.39, 0.29) is 6.54 Å². The molecule has 0 aliphatic carbocycles. The van der Waals surface area contributed by atoms with Gasteiger partial charge in [0.05, 0.1) is 6.54 Å². The number of allylic oxidation sites excluding steroid dienone is 2. The Bertz CT molecular complexity index is 627. The van der Waals surface area contributed by atoms with Gasteiger partial charge < -0.3 is 15.3 Å². The van der Waals surface area contributed by atoms with Crippen LogP contribution in [0.15, 0.2) is 12.2 Å². The van der Waals surface area contributed by atoms with E-state index in [9.17, 15) is 29.7 Å². The number of carboxylic acids is 3. The maximum atomic E-state index is 11.8. The number of nitrogens with zero attached hydrogens (tertiary/aromatic N) is 1. The summed E-state index contributed by atoms with van der Waals surface area (Å²) < 4.78 is -0.478. The first-order valence-electron chi connectivity index (χ1n) is 15.3. The van der Waals surface area contributed by atoms with Gasteiger partial charge in [-0.3, -0.25) is 4.48 Å². The third kappa shape index (κ3) is 14.3. The van der Waals surface area contributed by atoms with Crippen LogP contribution in [-0.2, 0) is 14.4 Å². The molecule has 0 saturated heterocycles. The molecule has 0 fully saturated rings. The first-order valence-corrected chi connectivity index (χ1v) is 15.3. The molecule has 0 saturated carbocycles. The molecular formula is C31H58NO6+. The van der Waals surface area contributed by atoms with Crippen LogP contribution in [0.2, 0.25) is 0 Å². The molecule has 0 heterocycles. The summed E-state index contributed by atoms with van der Waals surface area (Å²) in [5.74, 6) is -3.51. The van der Waals surface area contributed by atoms with E-state index in [0.717, 1.165) is 19.3 Å². The lowest BCUT2D eigenvalue weighted by Crippen LogP contribution is -2.70. The highest BCUT2D eigenvalue weighted by Crippen LogP contribution is 2.27. The van der Waals surface area contributed by atoms with E-state index in [4.69, 9.17) is 0 Å². The van der Waals surface area contributed by atoms with Crippen LogP contribution in [0.4, 0.5) is 0 Å². The van der Waals surface area contributed by atoms with Gasteiger partial charge in [0, 0.05) is 0 Å². The van der Waals surface area contributed by atoms with Gasteiger partial charge >= 0.3 is 17.9 Å². The van der Waals surface area contributed by atoms with Crippen molar-refractivity contribution >= 4 is 17.9 Å². The maximum Gasteiger partial charge on any atom is 0.362 e. The van der Waals surface area contributed by atoms with Gasteiger partial charge in [-0.25, -0.2) is 14.4 Å². The van der Waals surface area contributed by atoms with Gasteiger partial charge in [0.1, 0.15) is 0 Å². The molecule has 0 aromatic heterocycles. The van der Waals surface area contributed by atoms with Crippen molar-refractivity contribution in [1.29, 1.82) is 0 Å². The van der Waals surface area contributed by atoms with Crippen molar-refractivity contribution in [2.75, 3.05) is 6.54 Å². The second kappa shape index (κ2) is 22.0. The molecule has 0 aromatic carbocycles. The van der Waals surface area contributed by atoms with Crippen molar-refractivity contribution in [3.05, 3.63) is 12.2 Å². The fourth-order valence-corrected chi connectivity index (χ4v) is 5.54. The number of carboxylic acid groups (broad SMARTS) is 3. The van der Waals surface area contributed by atoms with E-state index in [1.807, 2.05) is 0 Å². The van der Waals surface area contributed by atoms with Crippen LogP contribution in [0.1, 0.15) is 143 Å². The molecule has 0 radical (unpaired) electrons. The topological polar surface area (TPSA) is 112 Å². The molecule has 7 nitrogen and oxygen atoms in total. The Hall–Kier alpha value is -1.89. The Morgan fingerprint density at radius 1 is 0.526 bits per heavy atom. The van der Waals surface area contributed by atoms with Crippen molar-refractivity contribution in [2.24, 2.45) is 0 Å². The molecule has 0 amide bonds. The molecule has 3 atom stereocenters. The predicted molar refractivity (Wildman–Crippen MR) is 154 cm³/mol. The van der Waals surface area contributed by atoms with Crippen molar-refractivity contribution in [3.63, 3.8) is 0 Å². The molecule has 222 valence electrons. The second-order valence-electron chi connectivity index (χ2n) is 11.1. The van der Waals surface area contributed by atoms with Crippen molar-refractivity contribution in [2.45, 2.75) is 161 Å². The van der Waals surface area contributed by atoms with Crippen LogP contribution in [0.3, 0.4) is 0 Å². The van der Waals surface area contributed by atoms with Gasteiger partial charge in [0.15, 0.2) is 18.1 Å². The Kier molecular flexibility index (Phi) is 20.9. The highest BCUT2D eigenvalue weighted by Gasteiger charge is 2.52. The van der Waals surface area contributed by atoms with Crippen molar-refractivity contribution in [1.82, 2.24) is 0 Å². The molecule has 0 aliphatic rings. The zero-order chi connectivity index (χ0) is 28.8. The lowest BCUT2D eigenvalue weighted by atomic mass is 10.00. The van der Waals surface area contributed by atoms with Gasteiger partial charge in [0.25, 0.3) is 0 Å². The minimum absolute atomic E-state index is 0.224. The van der Waals surface area contributed by atoms with Crippen molar-refractivity contribution in [3.8, 4) is 0 Å². The molecule has 0 aromatic rings.